The van der Waals surface area contributed by atoms with Crippen LogP contribution in [0.15, 0.2) is 47.6 Å². The van der Waals surface area contributed by atoms with Crippen LogP contribution in [0.5, 0.6) is 5.75 Å². The maximum atomic E-state index is 13.3. The molecule has 2 aromatic carbocycles. The molecule has 1 amide bonds. The van der Waals surface area contributed by atoms with Crippen molar-refractivity contribution in [3.8, 4) is 5.75 Å². The van der Waals surface area contributed by atoms with E-state index in [4.69, 9.17) is 33.0 Å². The van der Waals surface area contributed by atoms with E-state index in [9.17, 15) is 4.79 Å². The highest BCUT2D eigenvalue weighted by Gasteiger charge is 2.42. The molecule has 6 nitrogen and oxygen atoms in total. The molecule has 2 unspecified atom stereocenters. The summed E-state index contributed by atoms with van der Waals surface area (Å²) in [5, 5.41) is 9.76. The van der Waals surface area contributed by atoms with E-state index >= 15 is 0 Å². The normalized spacial score (nSPS) is 26.1. The van der Waals surface area contributed by atoms with Crippen LogP contribution < -0.4 is 15.2 Å². The van der Waals surface area contributed by atoms with Gasteiger partial charge in [0.1, 0.15) is 11.5 Å². The van der Waals surface area contributed by atoms with Crippen LogP contribution in [-0.4, -0.2) is 36.8 Å². The summed E-state index contributed by atoms with van der Waals surface area (Å²) in [6.07, 6.45) is 3.83. The quantitative estimate of drug-likeness (QED) is 0.543. The molecule has 2 aromatic rings. The van der Waals surface area contributed by atoms with Gasteiger partial charge in [-0.15, -0.1) is 12.4 Å². The number of benzene rings is 2. The van der Waals surface area contributed by atoms with Crippen LogP contribution in [0.25, 0.3) is 0 Å². The highest BCUT2D eigenvalue weighted by atomic mass is 35.5. The number of nitrogens with zero attached hydrogens (tertiary/aromatic N) is 3. The van der Waals surface area contributed by atoms with Crippen molar-refractivity contribution in [2.24, 2.45) is 22.9 Å². The second-order valence-electron chi connectivity index (χ2n) is 9.23. The first-order valence-corrected chi connectivity index (χ1v) is 12.2. The van der Waals surface area contributed by atoms with Gasteiger partial charge in [-0.25, -0.2) is 5.01 Å². The number of anilines is 1. The highest BCUT2D eigenvalue weighted by molar-refractivity contribution is 6.41. The molecule has 3 aliphatic rings. The summed E-state index contributed by atoms with van der Waals surface area (Å²) in [4.78, 5) is 13.3. The summed E-state index contributed by atoms with van der Waals surface area (Å²) >= 11 is 12.7. The van der Waals surface area contributed by atoms with Gasteiger partial charge in [0, 0.05) is 24.0 Å². The van der Waals surface area contributed by atoms with Crippen LogP contribution in [0, 0.1) is 17.8 Å². The van der Waals surface area contributed by atoms with Crippen molar-refractivity contribution in [1.29, 1.82) is 0 Å². The number of hydrogen-bond acceptors (Lipinski definition) is 5. The lowest BCUT2D eigenvalue weighted by atomic mass is 9.91. The number of nitrogens with one attached hydrogen (secondary N) is 1. The van der Waals surface area contributed by atoms with E-state index < -0.39 is 0 Å². The molecule has 1 saturated carbocycles. The first kappa shape index (κ1) is 25.1. The zero-order valence-corrected chi connectivity index (χ0v) is 21.5. The molecule has 0 bridgehead atoms. The van der Waals surface area contributed by atoms with E-state index in [1.807, 2.05) is 42.3 Å². The third kappa shape index (κ3) is 4.74. The molecule has 5 rings (SSSR count). The molecule has 0 aromatic heterocycles. The lowest BCUT2D eigenvalue weighted by Crippen LogP contribution is -2.45. The van der Waals surface area contributed by atoms with Crippen molar-refractivity contribution in [2.45, 2.75) is 32.2 Å². The second kappa shape index (κ2) is 10.3. The minimum atomic E-state index is -0.187. The van der Waals surface area contributed by atoms with Gasteiger partial charge in [0.05, 0.1) is 23.9 Å². The molecular weight excluding hydrogens is 495 g/mol. The summed E-state index contributed by atoms with van der Waals surface area (Å²) in [6.45, 7) is 3.88. The lowest BCUT2D eigenvalue weighted by Gasteiger charge is -2.27. The first-order chi connectivity index (χ1) is 15.9. The third-order valence-corrected chi connectivity index (χ3v) is 7.75. The van der Waals surface area contributed by atoms with Gasteiger partial charge in [-0.05, 0) is 60.6 Å². The fraction of sp³-hybridized carbons (Fsp3) is 0.440. The number of amides is 1. The largest absolute Gasteiger partial charge is 0.497 e. The summed E-state index contributed by atoms with van der Waals surface area (Å²) in [5.41, 5.74) is 5.37. The average molecular weight is 524 g/mol. The van der Waals surface area contributed by atoms with Crippen molar-refractivity contribution in [3.05, 3.63) is 58.1 Å². The fourth-order valence-electron chi connectivity index (χ4n) is 5.51. The van der Waals surface area contributed by atoms with Crippen molar-refractivity contribution >= 4 is 52.9 Å². The van der Waals surface area contributed by atoms with Gasteiger partial charge < -0.3 is 4.74 Å². The SMILES string of the molecule is COc1ccc([C@H]2[C@H](C)C(C(=O)NN3CC4CCCC4C3)=NN2c2ccc(Cl)cc2Cl)cc1.Cl. The molecule has 1 N–H and O–H groups in total. The standard InChI is InChI=1S/C25H28Cl2N4O2.ClH/c1-15-23(25(32)29-30-13-17-4-3-5-18(17)14-30)28-31(22-11-8-19(26)12-21(22)27)24(15)16-6-9-20(33-2)10-7-16;/h6-12,15,17-18,24H,3-5,13-14H2,1-2H3,(H,29,32);1H/t15-,17?,18?,24-;/m1./s1. The summed E-state index contributed by atoms with van der Waals surface area (Å²) < 4.78 is 5.32. The Morgan fingerprint density at radius 3 is 2.38 bits per heavy atom. The summed E-state index contributed by atoms with van der Waals surface area (Å²) in [5.74, 6) is 1.88. The maximum Gasteiger partial charge on any atom is 0.282 e. The number of hydrogen-bond donors (Lipinski definition) is 1. The predicted octanol–water partition coefficient (Wildman–Crippen LogP) is 5.74. The Morgan fingerprint density at radius 1 is 1.09 bits per heavy atom. The Hall–Kier alpha value is -1.99. The zero-order chi connectivity index (χ0) is 23.1. The van der Waals surface area contributed by atoms with Crippen molar-refractivity contribution < 1.29 is 9.53 Å². The van der Waals surface area contributed by atoms with E-state index in [1.165, 1.54) is 19.3 Å². The highest BCUT2D eigenvalue weighted by Crippen LogP contribution is 2.43. The van der Waals surface area contributed by atoms with Gasteiger partial charge in [-0.1, -0.05) is 48.7 Å². The molecule has 1 aliphatic carbocycles. The van der Waals surface area contributed by atoms with Crippen LogP contribution in [-0.2, 0) is 4.79 Å². The number of halogens is 3. The maximum absolute atomic E-state index is 13.3. The zero-order valence-electron chi connectivity index (χ0n) is 19.2. The van der Waals surface area contributed by atoms with Crippen LogP contribution in [0.4, 0.5) is 5.69 Å². The molecule has 2 aliphatic heterocycles. The molecule has 0 spiro atoms. The molecule has 9 heteroatoms. The van der Waals surface area contributed by atoms with Gasteiger partial charge >= 0.3 is 0 Å². The minimum absolute atomic E-state index is 0. The van der Waals surface area contributed by atoms with Gasteiger partial charge in [-0.2, -0.15) is 5.10 Å². The first-order valence-electron chi connectivity index (χ1n) is 11.5. The number of rotatable bonds is 5. The van der Waals surface area contributed by atoms with Gasteiger partial charge in [0.15, 0.2) is 0 Å². The second-order valence-corrected chi connectivity index (χ2v) is 10.1. The smallest absolute Gasteiger partial charge is 0.282 e. The Bertz CT molecular complexity index is 1070. The third-order valence-electron chi connectivity index (χ3n) is 7.22. The van der Waals surface area contributed by atoms with Gasteiger partial charge in [-0.3, -0.25) is 15.2 Å². The number of methoxy groups -OCH3 is 1. The molecule has 2 heterocycles. The molecule has 2 fully saturated rings. The Kier molecular flexibility index (Phi) is 7.63. The fourth-order valence-corrected chi connectivity index (χ4v) is 6.01. The molecule has 0 radical (unpaired) electrons. The van der Waals surface area contributed by atoms with Crippen molar-refractivity contribution in [2.75, 3.05) is 25.2 Å². The number of carbonyl (C=O) groups excluding carboxylic acids is 1. The van der Waals surface area contributed by atoms with Crippen LogP contribution >= 0.6 is 35.6 Å². The van der Waals surface area contributed by atoms with Crippen LogP contribution in [0.1, 0.15) is 37.8 Å². The van der Waals surface area contributed by atoms with Crippen LogP contribution in [0.3, 0.4) is 0 Å². The monoisotopic (exact) mass is 522 g/mol. The molecule has 34 heavy (non-hydrogen) atoms. The van der Waals surface area contributed by atoms with Crippen LogP contribution in [0.2, 0.25) is 10.0 Å². The topological polar surface area (TPSA) is 57.2 Å². The summed E-state index contributed by atoms with van der Waals surface area (Å²) in [6, 6.07) is 13.0. The van der Waals surface area contributed by atoms with E-state index in [-0.39, 0.29) is 30.3 Å². The van der Waals surface area contributed by atoms with E-state index in [1.54, 1.807) is 19.2 Å². The summed E-state index contributed by atoms with van der Waals surface area (Å²) in [7, 11) is 1.64. The molecular formula is C25H29Cl3N4O2. The lowest BCUT2D eigenvalue weighted by molar-refractivity contribution is -0.119. The molecule has 1 saturated heterocycles. The number of hydrazine groups is 1. The van der Waals surface area contributed by atoms with Crippen molar-refractivity contribution in [1.82, 2.24) is 10.4 Å². The number of carbonyl (C=O) groups is 1. The average Bonchev–Trinajstić information content (AvgIpc) is 3.47. The molecule has 4 atom stereocenters. The Balaban J connectivity index is 0.00000274. The number of ether oxygens (including phenoxy) is 1. The Morgan fingerprint density at radius 2 is 1.76 bits per heavy atom. The van der Waals surface area contributed by atoms with Gasteiger partial charge in [0.2, 0.25) is 0 Å². The van der Waals surface area contributed by atoms with E-state index in [0.717, 1.165) is 24.4 Å². The number of hydrazone groups is 1. The molecule has 182 valence electrons. The Labute approximate surface area is 216 Å². The predicted molar refractivity (Wildman–Crippen MR) is 139 cm³/mol. The number of fused-ring (bicyclic) bond motifs is 1. The van der Waals surface area contributed by atoms with Gasteiger partial charge in [0.25, 0.3) is 5.91 Å². The van der Waals surface area contributed by atoms with E-state index in [0.29, 0.717) is 33.3 Å². The van der Waals surface area contributed by atoms with E-state index in [2.05, 4.69) is 10.4 Å². The minimum Gasteiger partial charge on any atom is -0.497 e. The van der Waals surface area contributed by atoms with Crippen molar-refractivity contribution in [3.63, 3.8) is 0 Å².